The lowest BCUT2D eigenvalue weighted by atomic mass is 9.72. The predicted octanol–water partition coefficient (Wildman–Crippen LogP) is 2.59. The first kappa shape index (κ1) is 13.4. The Hall–Kier alpha value is -0.580. The van der Waals surface area contributed by atoms with Crippen LogP contribution in [0, 0.1) is 12.8 Å². The van der Waals surface area contributed by atoms with E-state index in [0.29, 0.717) is 12.5 Å². The summed E-state index contributed by atoms with van der Waals surface area (Å²) in [6, 6.07) is 6.50. The van der Waals surface area contributed by atoms with Gasteiger partial charge in [-0.1, -0.05) is 15.9 Å². The van der Waals surface area contributed by atoms with Gasteiger partial charge < -0.3 is 16.0 Å². The Labute approximate surface area is 123 Å². The van der Waals surface area contributed by atoms with Crippen molar-refractivity contribution in [1.29, 1.82) is 0 Å². The molecule has 0 saturated carbocycles. The molecule has 1 aromatic carbocycles. The Balaban J connectivity index is 1.87. The summed E-state index contributed by atoms with van der Waals surface area (Å²) in [7, 11) is 0. The lowest BCUT2D eigenvalue weighted by Gasteiger charge is -2.53. The normalized spacial score (nSPS) is 33.4. The molecule has 0 spiro atoms. The Morgan fingerprint density at radius 2 is 2.11 bits per heavy atom. The molecule has 3 fully saturated rings. The third-order valence-corrected chi connectivity index (χ3v) is 5.13. The topological polar surface area (TPSA) is 41.3 Å². The number of rotatable bonds is 3. The number of halogens is 1. The van der Waals surface area contributed by atoms with E-state index in [0.717, 1.165) is 11.0 Å². The smallest absolute Gasteiger partial charge is 0.0651 e. The van der Waals surface area contributed by atoms with E-state index in [4.69, 9.17) is 5.73 Å². The van der Waals surface area contributed by atoms with Crippen molar-refractivity contribution in [2.24, 2.45) is 11.7 Å². The summed E-state index contributed by atoms with van der Waals surface area (Å²) in [5.41, 5.74) is 8.66. The summed E-state index contributed by atoms with van der Waals surface area (Å²) >= 11 is 3.58. The Kier molecular flexibility index (Phi) is 3.58. The van der Waals surface area contributed by atoms with Gasteiger partial charge in [0.05, 0.1) is 5.54 Å². The molecule has 104 valence electrons. The molecule has 2 bridgehead atoms. The van der Waals surface area contributed by atoms with Crippen molar-refractivity contribution >= 4 is 21.6 Å². The Bertz CT molecular complexity index is 448. The van der Waals surface area contributed by atoms with Crippen LogP contribution in [-0.4, -0.2) is 36.6 Å². The third kappa shape index (κ3) is 2.54. The summed E-state index contributed by atoms with van der Waals surface area (Å²) in [4.78, 5) is 2.55. The molecule has 4 heteroatoms. The van der Waals surface area contributed by atoms with Gasteiger partial charge in [0.1, 0.15) is 0 Å². The fourth-order valence-corrected chi connectivity index (χ4v) is 4.30. The number of nitrogens with one attached hydrogen (secondary N) is 1. The standard InChI is InChI=1S/C15H22BrN3/c1-11-6-13(16)8-14(7-11)18-15(9-17)10-19-4-2-12(15)3-5-19/h6-8,12,18H,2-5,9-10,17H2,1H3. The number of fused-ring (bicyclic) bond motifs is 3. The monoisotopic (exact) mass is 323 g/mol. The Morgan fingerprint density at radius 3 is 2.63 bits per heavy atom. The molecule has 19 heavy (non-hydrogen) atoms. The highest BCUT2D eigenvalue weighted by molar-refractivity contribution is 9.10. The van der Waals surface area contributed by atoms with Crippen LogP contribution in [-0.2, 0) is 0 Å². The Morgan fingerprint density at radius 1 is 1.37 bits per heavy atom. The molecule has 1 unspecified atom stereocenters. The summed E-state index contributed by atoms with van der Waals surface area (Å²) in [6.07, 6.45) is 2.55. The van der Waals surface area contributed by atoms with Gasteiger partial charge in [0.15, 0.2) is 0 Å². The van der Waals surface area contributed by atoms with Crippen molar-refractivity contribution in [1.82, 2.24) is 4.90 Å². The zero-order valence-electron chi connectivity index (χ0n) is 11.5. The fraction of sp³-hybridized carbons (Fsp3) is 0.600. The molecule has 3 N–H and O–H groups in total. The summed E-state index contributed by atoms with van der Waals surface area (Å²) in [5, 5.41) is 3.76. The number of nitrogens with two attached hydrogens (primary N) is 1. The van der Waals surface area contributed by atoms with Crippen LogP contribution in [0.1, 0.15) is 18.4 Å². The number of piperidine rings is 3. The molecule has 3 saturated heterocycles. The highest BCUT2D eigenvalue weighted by Crippen LogP contribution is 2.37. The van der Waals surface area contributed by atoms with Crippen LogP contribution in [0.3, 0.4) is 0 Å². The minimum atomic E-state index is 0.0593. The highest BCUT2D eigenvalue weighted by atomic mass is 79.9. The van der Waals surface area contributed by atoms with Crippen LogP contribution in [0.15, 0.2) is 22.7 Å². The molecule has 1 atom stereocenters. The maximum absolute atomic E-state index is 6.15. The third-order valence-electron chi connectivity index (χ3n) is 4.67. The molecule has 0 aliphatic carbocycles. The lowest BCUT2D eigenvalue weighted by Crippen LogP contribution is -2.66. The second-order valence-electron chi connectivity index (χ2n) is 6.05. The number of hydrogen-bond donors (Lipinski definition) is 2. The molecular weight excluding hydrogens is 302 g/mol. The van der Waals surface area contributed by atoms with Crippen molar-refractivity contribution in [3.63, 3.8) is 0 Å². The van der Waals surface area contributed by atoms with Crippen LogP contribution < -0.4 is 11.1 Å². The average molecular weight is 324 g/mol. The van der Waals surface area contributed by atoms with Gasteiger partial charge in [-0.15, -0.1) is 0 Å². The zero-order valence-corrected chi connectivity index (χ0v) is 13.0. The molecule has 0 radical (unpaired) electrons. The maximum atomic E-state index is 6.15. The molecule has 0 aromatic heterocycles. The van der Waals surface area contributed by atoms with E-state index >= 15 is 0 Å². The minimum Gasteiger partial charge on any atom is -0.377 e. The fourth-order valence-electron chi connectivity index (χ4n) is 3.69. The summed E-state index contributed by atoms with van der Waals surface area (Å²) in [5.74, 6) is 0.710. The van der Waals surface area contributed by atoms with E-state index in [1.54, 1.807) is 0 Å². The first-order valence-electron chi connectivity index (χ1n) is 7.09. The summed E-state index contributed by atoms with van der Waals surface area (Å²) in [6.45, 7) is 6.40. The second kappa shape index (κ2) is 5.08. The maximum Gasteiger partial charge on any atom is 0.0651 e. The van der Waals surface area contributed by atoms with E-state index in [1.807, 2.05) is 0 Å². The quantitative estimate of drug-likeness (QED) is 0.898. The zero-order chi connectivity index (χ0) is 13.5. The van der Waals surface area contributed by atoms with Gasteiger partial charge in [0, 0.05) is 23.2 Å². The van der Waals surface area contributed by atoms with Crippen LogP contribution in [0.5, 0.6) is 0 Å². The minimum absolute atomic E-state index is 0.0593. The van der Waals surface area contributed by atoms with E-state index in [-0.39, 0.29) is 5.54 Å². The van der Waals surface area contributed by atoms with E-state index < -0.39 is 0 Å². The van der Waals surface area contributed by atoms with E-state index in [1.165, 1.54) is 37.2 Å². The first-order valence-corrected chi connectivity index (χ1v) is 7.88. The van der Waals surface area contributed by atoms with Crippen LogP contribution in [0.2, 0.25) is 0 Å². The van der Waals surface area contributed by atoms with Gasteiger partial charge in [-0.05, 0) is 62.5 Å². The SMILES string of the molecule is Cc1cc(Br)cc(NC2(CN)CN3CCC2CC3)c1. The first-order chi connectivity index (χ1) is 9.11. The van der Waals surface area contributed by atoms with Crippen molar-refractivity contribution < 1.29 is 0 Å². The molecule has 0 amide bonds. The van der Waals surface area contributed by atoms with Gasteiger partial charge in [-0.25, -0.2) is 0 Å². The van der Waals surface area contributed by atoms with Crippen LogP contribution in [0.4, 0.5) is 5.69 Å². The van der Waals surface area contributed by atoms with Crippen LogP contribution >= 0.6 is 15.9 Å². The predicted molar refractivity (Wildman–Crippen MR) is 83.5 cm³/mol. The van der Waals surface area contributed by atoms with Crippen molar-refractivity contribution in [2.45, 2.75) is 25.3 Å². The van der Waals surface area contributed by atoms with Crippen molar-refractivity contribution in [3.8, 4) is 0 Å². The highest BCUT2D eigenvalue weighted by Gasteiger charge is 2.45. The van der Waals surface area contributed by atoms with Crippen molar-refractivity contribution in [3.05, 3.63) is 28.2 Å². The molecule has 3 nitrogen and oxygen atoms in total. The van der Waals surface area contributed by atoms with E-state index in [9.17, 15) is 0 Å². The number of benzene rings is 1. The second-order valence-corrected chi connectivity index (χ2v) is 6.97. The summed E-state index contributed by atoms with van der Waals surface area (Å²) < 4.78 is 1.13. The number of anilines is 1. The molecule has 1 aromatic rings. The lowest BCUT2D eigenvalue weighted by molar-refractivity contribution is 0.0449. The molecule has 3 aliphatic rings. The van der Waals surface area contributed by atoms with Crippen molar-refractivity contribution in [2.75, 3.05) is 31.5 Å². The number of hydrogen-bond acceptors (Lipinski definition) is 3. The van der Waals surface area contributed by atoms with Gasteiger partial charge in [-0.2, -0.15) is 0 Å². The largest absolute Gasteiger partial charge is 0.377 e. The molecule has 3 aliphatic heterocycles. The van der Waals surface area contributed by atoms with Gasteiger partial charge >= 0.3 is 0 Å². The molecular formula is C15H22BrN3. The van der Waals surface area contributed by atoms with Crippen LogP contribution in [0.25, 0.3) is 0 Å². The van der Waals surface area contributed by atoms with Gasteiger partial charge in [0.2, 0.25) is 0 Å². The van der Waals surface area contributed by atoms with Gasteiger partial charge in [0.25, 0.3) is 0 Å². The molecule has 3 heterocycles. The van der Waals surface area contributed by atoms with Gasteiger partial charge in [-0.3, -0.25) is 0 Å². The van der Waals surface area contributed by atoms with E-state index in [2.05, 4.69) is 51.3 Å². The number of nitrogens with zero attached hydrogens (tertiary/aromatic N) is 1. The average Bonchev–Trinajstić information content (AvgIpc) is 2.38. The molecule has 4 rings (SSSR count). The number of aryl methyl sites for hydroxylation is 1.